The predicted octanol–water partition coefficient (Wildman–Crippen LogP) is 9.39. The van der Waals surface area contributed by atoms with Crippen molar-refractivity contribution < 1.29 is 0 Å². The number of hydrogen-bond donors (Lipinski definition) is 2. The maximum Gasteiger partial charge on any atom is 0.124 e. The minimum Gasteiger partial charge on any atom is -0.341 e. The molecule has 2 saturated heterocycles. The van der Waals surface area contributed by atoms with E-state index in [9.17, 15) is 0 Å². The highest BCUT2D eigenvalue weighted by Crippen LogP contribution is 2.37. The van der Waals surface area contributed by atoms with E-state index < -0.39 is 0 Å². The van der Waals surface area contributed by atoms with Crippen molar-refractivity contribution in [2.75, 3.05) is 27.2 Å². The lowest BCUT2D eigenvalue weighted by Crippen LogP contribution is -2.18. The van der Waals surface area contributed by atoms with E-state index in [4.69, 9.17) is 9.97 Å². The molecule has 2 unspecified atom stereocenters. The summed E-state index contributed by atoms with van der Waals surface area (Å²) in [4.78, 5) is 21.8. The van der Waals surface area contributed by atoms with Gasteiger partial charge in [-0.05, 0) is 86.9 Å². The Hall–Kier alpha value is -3.48. The molecule has 0 aliphatic carbocycles. The molecule has 6 heteroatoms. The number of hydrogen-bond acceptors (Lipinski definition) is 4. The summed E-state index contributed by atoms with van der Waals surface area (Å²) in [5.41, 5.74) is 6.87. The van der Waals surface area contributed by atoms with Gasteiger partial charge < -0.3 is 9.97 Å². The van der Waals surface area contributed by atoms with Crippen LogP contribution in [0.5, 0.6) is 0 Å². The zero-order chi connectivity index (χ0) is 30.2. The smallest absolute Gasteiger partial charge is 0.124 e. The Labute approximate surface area is 252 Å². The fraction of sp³-hybridized carbons (Fsp3) is 0.444. The van der Waals surface area contributed by atoms with Crippen LogP contribution in [-0.4, -0.2) is 56.9 Å². The van der Waals surface area contributed by atoms with Crippen molar-refractivity contribution in [1.82, 2.24) is 29.7 Å². The van der Waals surface area contributed by atoms with Crippen LogP contribution in [0.25, 0.3) is 44.2 Å². The molecule has 0 amide bonds. The Morgan fingerprint density at radius 1 is 0.690 bits per heavy atom. The van der Waals surface area contributed by atoms with Gasteiger partial charge >= 0.3 is 0 Å². The summed E-state index contributed by atoms with van der Waals surface area (Å²) in [5.74, 6) is 2.16. The van der Waals surface area contributed by atoms with Crippen molar-refractivity contribution in [1.29, 1.82) is 0 Å². The van der Waals surface area contributed by atoms with Gasteiger partial charge in [0.15, 0.2) is 0 Å². The van der Waals surface area contributed by atoms with Crippen LogP contribution < -0.4 is 0 Å². The molecule has 4 heterocycles. The number of nitrogens with one attached hydrogen (secondary N) is 2. The van der Waals surface area contributed by atoms with Crippen molar-refractivity contribution in [2.24, 2.45) is 0 Å². The number of imidazole rings is 2. The van der Waals surface area contributed by atoms with Crippen molar-refractivity contribution in [3.05, 3.63) is 72.4 Å². The first kappa shape index (κ1) is 31.5. The van der Waals surface area contributed by atoms with E-state index in [2.05, 4.69) is 88.5 Å². The second kappa shape index (κ2) is 14.6. The molecule has 224 valence electrons. The van der Waals surface area contributed by atoms with Crippen molar-refractivity contribution >= 4 is 21.8 Å². The second-order valence-corrected chi connectivity index (χ2v) is 10.5. The topological polar surface area (TPSA) is 63.8 Å². The van der Waals surface area contributed by atoms with Gasteiger partial charge in [-0.25, -0.2) is 9.97 Å². The molecule has 0 radical (unpaired) electrons. The minimum absolute atomic E-state index is 0.388. The van der Waals surface area contributed by atoms with Gasteiger partial charge in [0.2, 0.25) is 0 Å². The van der Waals surface area contributed by atoms with Gasteiger partial charge in [0.25, 0.3) is 0 Å². The Balaban J connectivity index is 0.000000637. The van der Waals surface area contributed by atoms with Gasteiger partial charge in [-0.1, -0.05) is 84.0 Å². The van der Waals surface area contributed by atoms with E-state index in [1.807, 2.05) is 47.7 Å². The summed E-state index contributed by atoms with van der Waals surface area (Å²) in [6, 6.07) is 20.6. The number of aromatic amines is 2. The van der Waals surface area contributed by atoms with Gasteiger partial charge in [-0.2, -0.15) is 0 Å². The molecule has 5 aromatic rings. The lowest BCUT2D eigenvalue weighted by molar-refractivity contribution is 0.307. The number of likely N-dealkylation sites (tertiary alicyclic amines) is 2. The zero-order valence-corrected chi connectivity index (χ0v) is 27.0. The quantitative estimate of drug-likeness (QED) is 0.227. The molecule has 2 aromatic heterocycles. The molecule has 3 aromatic carbocycles. The molecule has 2 atom stereocenters. The summed E-state index contributed by atoms with van der Waals surface area (Å²) in [5, 5.41) is 2.49. The second-order valence-electron chi connectivity index (χ2n) is 10.5. The first-order valence-corrected chi connectivity index (χ1v) is 16.1. The summed E-state index contributed by atoms with van der Waals surface area (Å²) in [7, 11) is 4.38. The van der Waals surface area contributed by atoms with Gasteiger partial charge in [0.1, 0.15) is 11.6 Å². The molecule has 2 aliphatic rings. The molecule has 2 fully saturated rings. The van der Waals surface area contributed by atoms with Crippen molar-refractivity contribution in [3.63, 3.8) is 0 Å². The standard InChI is InChI=1S/C30H32N6.3C2H6/c1-35-15-5-11-27(35)29-31-18-26(34-29)23-10-4-8-21-20(7-3-9-22(21)23)19-13-14-24-25(17-19)33-30(32-24)28-12-6-16-36(28)2;3*1-2/h3-4,7-10,13-14,17-18,27-28H,5-6,11-12,15-16H2,1-2H3,(H,31,34)(H,32,33);3*1-2H3. The van der Waals surface area contributed by atoms with Crippen LogP contribution in [0.1, 0.15) is 91.0 Å². The highest BCUT2D eigenvalue weighted by atomic mass is 15.2. The molecule has 0 spiro atoms. The predicted molar refractivity (Wildman–Crippen MR) is 180 cm³/mol. The fourth-order valence-electron chi connectivity index (χ4n) is 6.31. The Bertz CT molecular complexity index is 1560. The summed E-state index contributed by atoms with van der Waals surface area (Å²) in [6.07, 6.45) is 6.80. The molecule has 6 nitrogen and oxygen atoms in total. The lowest BCUT2D eigenvalue weighted by Gasteiger charge is -2.16. The summed E-state index contributed by atoms with van der Waals surface area (Å²) in [6.45, 7) is 14.3. The van der Waals surface area contributed by atoms with Crippen LogP contribution >= 0.6 is 0 Å². The molecule has 2 N–H and O–H groups in total. The third-order valence-corrected chi connectivity index (χ3v) is 8.29. The third-order valence-electron chi connectivity index (χ3n) is 8.29. The van der Waals surface area contributed by atoms with Crippen molar-refractivity contribution in [2.45, 2.75) is 79.3 Å². The van der Waals surface area contributed by atoms with Gasteiger partial charge in [-0.15, -0.1) is 0 Å². The highest BCUT2D eigenvalue weighted by molar-refractivity contribution is 6.04. The van der Waals surface area contributed by atoms with Crippen LogP contribution in [0.4, 0.5) is 0 Å². The van der Waals surface area contributed by atoms with Crippen molar-refractivity contribution in [3.8, 4) is 22.4 Å². The third kappa shape index (κ3) is 6.16. The monoisotopic (exact) mass is 566 g/mol. The Morgan fingerprint density at radius 3 is 1.90 bits per heavy atom. The summed E-state index contributed by atoms with van der Waals surface area (Å²) >= 11 is 0. The maximum absolute atomic E-state index is 4.92. The lowest BCUT2D eigenvalue weighted by atomic mass is 9.94. The van der Waals surface area contributed by atoms with Crippen LogP contribution in [0.2, 0.25) is 0 Å². The average molecular weight is 567 g/mol. The van der Waals surface area contributed by atoms with E-state index in [0.29, 0.717) is 12.1 Å². The Morgan fingerprint density at radius 2 is 1.29 bits per heavy atom. The van der Waals surface area contributed by atoms with E-state index >= 15 is 0 Å². The van der Waals surface area contributed by atoms with Crippen LogP contribution in [0.3, 0.4) is 0 Å². The van der Waals surface area contributed by atoms with Crippen LogP contribution in [0.15, 0.2) is 60.8 Å². The number of nitrogens with zero attached hydrogens (tertiary/aromatic N) is 4. The molecule has 7 rings (SSSR count). The fourth-order valence-corrected chi connectivity index (χ4v) is 6.31. The van der Waals surface area contributed by atoms with E-state index in [1.54, 1.807) is 0 Å². The Kier molecular flexibility index (Phi) is 10.9. The molecule has 42 heavy (non-hydrogen) atoms. The minimum atomic E-state index is 0.388. The number of fused-ring (bicyclic) bond motifs is 2. The van der Waals surface area contributed by atoms with Crippen LogP contribution in [-0.2, 0) is 0 Å². The summed E-state index contributed by atoms with van der Waals surface area (Å²) < 4.78 is 0. The van der Waals surface area contributed by atoms with E-state index in [-0.39, 0.29) is 0 Å². The zero-order valence-electron chi connectivity index (χ0n) is 27.0. The number of H-pyrrole nitrogens is 2. The molecular weight excluding hydrogens is 516 g/mol. The number of rotatable bonds is 4. The molecule has 2 aliphatic heterocycles. The molecular formula is C36H50N6. The normalized spacial score (nSPS) is 18.7. The first-order chi connectivity index (χ1) is 20.7. The van der Waals surface area contributed by atoms with Gasteiger partial charge in [-0.3, -0.25) is 9.80 Å². The van der Waals surface area contributed by atoms with Gasteiger partial charge in [0.05, 0.1) is 35.0 Å². The van der Waals surface area contributed by atoms with E-state index in [1.165, 1.54) is 46.7 Å². The van der Waals surface area contributed by atoms with Crippen LogP contribution in [0, 0.1) is 0 Å². The molecule has 0 bridgehead atoms. The van der Waals surface area contributed by atoms with Gasteiger partial charge in [0, 0.05) is 5.56 Å². The maximum atomic E-state index is 4.92. The largest absolute Gasteiger partial charge is 0.341 e. The first-order valence-electron chi connectivity index (χ1n) is 16.1. The number of benzene rings is 3. The molecule has 0 saturated carbocycles. The average Bonchev–Trinajstić information content (AvgIpc) is 3.86. The highest BCUT2D eigenvalue weighted by Gasteiger charge is 2.26. The SMILES string of the molecule is CC.CC.CC.CN1CCCC1c1ncc(-c2cccc3c(-c4ccc5nc(C6CCCN6C)[nH]c5c4)cccc23)[nH]1. The number of aromatic nitrogens is 4. The van der Waals surface area contributed by atoms with E-state index in [0.717, 1.165) is 47.9 Å².